The van der Waals surface area contributed by atoms with E-state index in [1.165, 1.54) is 22.5 Å². The zero-order valence-corrected chi connectivity index (χ0v) is 16.5. The fraction of sp³-hybridized carbons (Fsp3) is 0.400. The molecule has 1 heterocycles. The van der Waals surface area contributed by atoms with Crippen molar-refractivity contribution in [2.24, 2.45) is 0 Å². The van der Waals surface area contributed by atoms with E-state index >= 15 is 0 Å². The van der Waals surface area contributed by atoms with Gasteiger partial charge in [-0.3, -0.25) is 0 Å². The molecule has 1 fully saturated rings. The Kier molecular flexibility index (Phi) is 6.14. The second-order valence-corrected chi connectivity index (χ2v) is 8.66. The molecule has 27 heavy (non-hydrogen) atoms. The van der Waals surface area contributed by atoms with E-state index in [0.29, 0.717) is 31.7 Å². The molecule has 0 bridgehead atoms. The highest BCUT2D eigenvalue weighted by Crippen LogP contribution is 2.21. The molecule has 0 radical (unpaired) electrons. The van der Waals surface area contributed by atoms with Crippen molar-refractivity contribution in [1.29, 1.82) is 0 Å². The Morgan fingerprint density at radius 3 is 2.44 bits per heavy atom. The lowest BCUT2D eigenvalue weighted by molar-refractivity contribution is 0.190. The highest BCUT2D eigenvalue weighted by molar-refractivity contribution is 7.89. The lowest BCUT2D eigenvalue weighted by Gasteiger charge is -2.34. The number of hydrogen-bond donors (Lipinski definition) is 0. The molecule has 1 saturated heterocycles. The van der Waals surface area contributed by atoms with E-state index in [2.05, 4.69) is 11.0 Å². The fourth-order valence-electron chi connectivity index (χ4n) is 3.31. The maximum absolute atomic E-state index is 13.4. The Labute approximate surface area is 160 Å². The fourth-order valence-corrected chi connectivity index (χ4v) is 4.82. The van der Waals surface area contributed by atoms with Gasteiger partial charge in [0.05, 0.1) is 12.0 Å². The van der Waals surface area contributed by atoms with Gasteiger partial charge in [0.2, 0.25) is 10.0 Å². The maximum atomic E-state index is 13.4. The summed E-state index contributed by atoms with van der Waals surface area (Å²) in [5.41, 5.74) is 1.49. The molecular weight excluding hydrogens is 367 g/mol. The molecular formula is C20H25FN2O3S. The van der Waals surface area contributed by atoms with Crippen molar-refractivity contribution < 1.29 is 17.5 Å². The minimum absolute atomic E-state index is 0.156. The molecule has 2 aromatic rings. The highest BCUT2D eigenvalue weighted by atomic mass is 32.2. The van der Waals surface area contributed by atoms with E-state index in [1.54, 1.807) is 14.0 Å². The number of sulfonamides is 1. The molecule has 0 aliphatic carbocycles. The van der Waals surface area contributed by atoms with Crippen molar-refractivity contribution in [3.63, 3.8) is 0 Å². The molecule has 0 amide bonds. The first-order valence-electron chi connectivity index (χ1n) is 9.02. The van der Waals surface area contributed by atoms with Crippen LogP contribution in [0, 0.1) is 12.7 Å². The number of para-hydroxylation sites is 1. The van der Waals surface area contributed by atoms with Crippen LogP contribution in [0.25, 0.3) is 0 Å². The zero-order chi connectivity index (χ0) is 19.4. The number of rotatable bonds is 6. The number of benzene rings is 2. The Balaban J connectivity index is 1.59. The molecule has 7 heteroatoms. The van der Waals surface area contributed by atoms with Gasteiger partial charge in [-0.25, -0.2) is 12.8 Å². The average molecular weight is 392 g/mol. The second-order valence-electron chi connectivity index (χ2n) is 6.72. The van der Waals surface area contributed by atoms with E-state index in [1.807, 2.05) is 18.2 Å². The molecule has 1 aliphatic heterocycles. The van der Waals surface area contributed by atoms with Crippen LogP contribution in [0.2, 0.25) is 0 Å². The van der Waals surface area contributed by atoms with Gasteiger partial charge in [0.25, 0.3) is 0 Å². The van der Waals surface area contributed by atoms with Crippen molar-refractivity contribution in [2.75, 3.05) is 39.8 Å². The van der Waals surface area contributed by atoms with Crippen LogP contribution in [0.4, 0.5) is 4.39 Å². The van der Waals surface area contributed by atoms with Gasteiger partial charge in [0.15, 0.2) is 0 Å². The number of piperazine rings is 1. The molecule has 0 N–H and O–H groups in total. The summed E-state index contributed by atoms with van der Waals surface area (Å²) in [7, 11) is -1.92. The smallest absolute Gasteiger partial charge is 0.243 e. The topological polar surface area (TPSA) is 49.9 Å². The lowest BCUT2D eigenvalue weighted by Crippen LogP contribution is -2.49. The van der Waals surface area contributed by atoms with Crippen molar-refractivity contribution >= 4 is 10.0 Å². The van der Waals surface area contributed by atoms with Crippen LogP contribution in [0.15, 0.2) is 47.4 Å². The standard InChI is InChI=1S/C20H25FN2O3S/c1-16-15-18(7-8-19(16)21)27(24,25)23-13-11-22(12-14-23)10-9-17-5-3-4-6-20(17)26-2/h3-8,15H,9-14H2,1-2H3. The lowest BCUT2D eigenvalue weighted by atomic mass is 10.1. The number of nitrogens with zero attached hydrogens (tertiary/aromatic N) is 2. The van der Waals surface area contributed by atoms with Crippen LogP contribution in [0.1, 0.15) is 11.1 Å². The summed E-state index contributed by atoms with van der Waals surface area (Å²) in [6.45, 7) is 4.65. The van der Waals surface area contributed by atoms with Crippen LogP contribution in [0.5, 0.6) is 5.75 Å². The van der Waals surface area contributed by atoms with Gasteiger partial charge in [0, 0.05) is 32.7 Å². The first-order chi connectivity index (χ1) is 12.9. The largest absolute Gasteiger partial charge is 0.496 e. The summed E-state index contributed by atoms with van der Waals surface area (Å²) in [4.78, 5) is 2.41. The number of aryl methyl sites for hydroxylation is 1. The van der Waals surface area contributed by atoms with E-state index < -0.39 is 15.8 Å². The third-order valence-electron chi connectivity index (χ3n) is 4.99. The second kappa shape index (κ2) is 8.37. The highest BCUT2D eigenvalue weighted by Gasteiger charge is 2.28. The van der Waals surface area contributed by atoms with Gasteiger partial charge in [-0.2, -0.15) is 4.31 Å². The normalized spacial score (nSPS) is 16.4. The zero-order valence-electron chi connectivity index (χ0n) is 15.7. The molecule has 0 unspecified atom stereocenters. The van der Waals surface area contributed by atoms with Crippen LogP contribution in [-0.4, -0.2) is 57.5 Å². The molecule has 5 nitrogen and oxygen atoms in total. The quantitative estimate of drug-likeness (QED) is 0.759. The van der Waals surface area contributed by atoms with E-state index in [-0.39, 0.29) is 4.90 Å². The van der Waals surface area contributed by atoms with Crippen LogP contribution >= 0.6 is 0 Å². The summed E-state index contributed by atoms with van der Waals surface area (Å²) in [6.07, 6.45) is 0.855. The van der Waals surface area contributed by atoms with Crippen molar-refractivity contribution in [3.05, 3.63) is 59.4 Å². The summed E-state index contributed by atoms with van der Waals surface area (Å²) >= 11 is 0. The molecule has 0 aromatic heterocycles. The maximum Gasteiger partial charge on any atom is 0.243 e. The van der Waals surface area contributed by atoms with Gasteiger partial charge in [0.1, 0.15) is 11.6 Å². The van der Waals surface area contributed by atoms with Gasteiger partial charge in [-0.1, -0.05) is 18.2 Å². The predicted molar refractivity (Wildman–Crippen MR) is 103 cm³/mol. The van der Waals surface area contributed by atoms with E-state index in [4.69, 9.17) is 4.74 Å². The van der Waals surface area contributed by atoms with Gasteiger partial charge >= 0.3 is 0 Å². The van der Waals surface area contributed by atoms with Crippen LogP contribution < -0.4 is 4.74 Å². The van der Waals surface area contributed by atoms with Crippen molar-refractivity contribution in [2.45, 2.75) is 18.2 Å². The number of halogens is 1. The third kappa shape index (κ3) is 4.48. The summed E-state index contributed by atoms with van der Waals surface area (Å²) < 4.78 is 45.9. The number of ether oxygens (including phenoxy) is 1. The molecule has 146 valence electrons. The molecule has 0 saturated carbocycles. The molecule has 0 spiro atoms. The monoisotopic (exact) mass is 392 g/mol. The Morgan fingerprint density at radius 1 is 1.07 bits per heavy atom. The molecule has 2 aromatic carbocycles. The summed E-state index contributed by atoms with van der Waals surface area (Å²) in [6, 6.07) is 11.9. The minimum Gasteiger partial charge on any atom is -0.496 e. The van der Waals surface area contributed by atoms with E-state index in [9.17, 15) is 12.8 Å². The Bertz CT molecular complexity index is 894. The van der Waals surface area contributed by atoms with Gasteiger partial charge in [-0.05, 0) is 48.7 Å². The number of hydrogen-bond acceptors (Lipinski definition) is 4. The first kappa shape index (κ1) is 19.8. The van der Waals surface area contributed by atoms with Crippen LogP contribution in [0.3, 0.4) is 0 Å². The third-order valence-corrected chi connectivity index (χ3v) is 6.88. The van der Waals surface area contributed by atoms with Gasteiger partial charge in [-0.15, -0.1) is 0 Å². The van der Waals surface area contributed by atoms with Crippen LogP contribution in [-0.2, 0) is 16.4 Å². The summed E-state index contributed by atoms with van der Waals surface area (Å²) in [5, 5.41) is 0. The first-order valence-corrected chi connectivity index (χ1v) is 10.5. The van der Waals surface area contributed by atoms with Gasteiger partial charge < -0.3 is 9.64 Å². The van der Waals surface area contributed by atoms with E-state index in [0.717, 1.165) is 24.3 Å². The summed E-state index contributed by atoms with van der Waals surface area (Å²) in [5.74, 6) is 0.487. The Hall–Kier alpha value is -1.96. The Morgan fingerprint density at radius 2 is 1.78 bits per heavy atom. The SMILES string of the molecule is COc1ccccc1CCN1CCN(S(=O)(=O)c2ccc(F)c(C)c2)CC1. The average Bonchev–Trinajstić information content (AvgIpc) is 2.69. The molecule has 3 rings (SSSR count). The van der Waals surface area contributed by atoms with Crippen molar-refractivity contribution in [1.82, 2.24) is 9.21 Å². The molecule has 1 aliphatic rings. The molecule has 0 atom stereocenters. The van der Waals surface area contributed by atoms with Crippen molar-refractivity contribution in [3.8, 4) is 5.75 Å². The number of methoxy groups -OCH3 is 1. The predicted octanol–water partition coefficient (Wildman–Crippen LogP) is 2.69. The minimum atomic E-state index is -3.58.